The van der Waals surface area contributed by atoms with E-state index < -0.39 is 11.2 Å². The van der Waals surface area contributed by atoms with Crippen LogP contribution < -0.4 is 26.0 Å². The average Bonchev–Trinajstić information content (AvgIpc) is 3.37. The van der Waals surface area contributed by atoms with Crippen LogP contribution in [0.3, 0.4) is 0 Å². The van der Waals surface area contributed by atoms with Gasteiger partial charge in [-0.25, -0.2) is 14.8 Å². The second-order valence-corrected chi connectivity index (χ2v) is 8.48. The van der Waals surface area contributed by atoms with E-state index in [1.165, 1.54) is 29.3 Å². The van der Waals surface area contributed by atoms with Gasteiger partial charge in [0.15, 0.2) is 27.8 Å². The number of anilines is 1. The highest BCUT2D eigenvalue weighted by atomic mass is 32.1. The fraction of sp³-hybridized carbons (Fsp3) is 0.350. The first-order chi connectivity index (χ1) is 15.4. The molecule has 4 aromatic rings. The molecule has 1 aromatic carbocycles. The van der Waals surface area contributed by atoms with Crippen molar-refractivity contribution in [1.29, 1.82) is 0 Å². The predicted molar refractivity (Wildman–Crippen MR) is 119 cm³/mol. The van der Waals surface area contributed by atoms with Crippen molar-refractivity contribution in [2.75, 3.05) is 18.5 Å². The quantitative estimate of drug-likeness (QED) is 0.479. The van der Waals surface area contributed by atoms with Crippen LogP contribution in [0.15, 0.2) is 28.0 Å². The molecule has 1 aliphatic heterocycles. The molecule has 0 saturated carbocycles. The minimum absolute atomic E-state index is 0.175. The molecule has 0 unspecified atom stereocenters. The van der Waals surface area contributed by atoms with Gasteiger partial charge in [-0.2, -0.15) is 0 Å². The minimum atomic E-state index is -0.429. The van der Waals surface area contributed by atoms with Gasteiger partial charge in [0, 0.05) is 39.2 Å². The Hall–Kier alpha value is -3.67. The first kappa shape index (κ1) is 20.2. The van der Waals surface area contributed by atoms with Crippen LogP contribution >= 0.6 is 11.3 Å². The number of carbonyl (C=O) groups is 1. The minimum Gasteiger partial charge on any atom is -0.486 e. The molecule has 5 rings (SSSR count). The van der Waals surface area contributed by atoms with Gasteiger partial charge < -0.3 is 19.4 Å². The van der Waals surface area contributed by atoms with Gasteiger partial charge in [0.1, 0.15) is 13.2 Å². The number of rotatable bonds is 5. The summed E-state index contributed by atoms with van der Waals surface area (Å²) in [6.07, 6.45) is 2.25. The molecule has 0 fully saturated rings. The standard InChI is InChI=1S/C20H20N6O5S/c1-24-17-16(18(28)25(2)20(24)29)26(10-21-17)5-3-4-15(27)23-19-22-11-8-12-13(9-14(11)32-19)31-7-6-30-12/h8-10H,3-7H2,1-2H3,(H,22,23,27). The largest absolute Gasteiger partial charge is 0.486 e. The van der Waals surface area contributed by atoms with Crippen molar-refractivity contribution in [2.24, 2.45) is 14.1 Å². The smallest absolute Gasteiger partial charge is 0.332 e. The molecule has 12 heteroatoms. The normalized spacial score (nSPS) is 13.1. The van der Waals surface area contributed by atoms with E-state index in [-0.39, 0.29) is 12.3 Å². The molecular weight excluding hydrogens is 436 g/mol. The van der Waals surface area contributed by atoms with Crippen molar-refractivity contribution in [1.82, 2.24) is 23.7 Å². The number of amides is 1. The van der Waals surface area contributed by atoms with Gasteiger partial charge in [0.05, 0.1) is 16.5 Å². The van der Waals surface area contributed by atoms with Crippen molar-refractivity contribution in [3.8, 4) is 11.5 Å². The molecule has 4 heterocycles. The van der Waals surface area contributed by atoms with Crippen molar-refractivity contribution in [3.05, 3.63) is 39.3 Å². The number of ether oxygens (including phenoxy) is 2. The lowest BCUT2D eigenvalue weighted by Gasteiger charge is -2.17. The molecule has 1 N–H and O–H groups in total. The van der Waals surface area contributed by atoms with Crippen LogP contribution in [0.25, 0.3) is 21.4 Å². The predicted octanol–water partition coefficient (Wildman–Crippen LogP) is 1.23. The summed E-state index contributed by atoms with van der Waals surface area (Å²) < 4.78 is 16.1. The Morgan fingerprint density at radius 3 is 2.69 bits per heavy atom. The summed E-state index contributed by atoms with van der Waals surface area (Å²) in [6.45, 7) is 1.43. The van der Waals surface area contributed by atoms with Crippen LogP contribution in [-0.2, 0) is 25.4 Å². The number of aromatic nitrogens is 5. The summed E-state index contributed by atoms with van der Waals surface area (Å²) in [6, 6.07) is 3.68. The van der Waals surface area contributed by atoms with E-state index in [4.69, 9.17) is 9.47 Å². The summed E-state index contributed by atoms with van der Waals surface area (Å²) in [5.41, 5.74) is 0.570. The first-order valence-electron chi connectivity index (χ1n) is 10.0. The first-order valence-corrected chi connectivity index (χ1v) is 10.8. The van der Waals surface area contributed by atoms with Crippen LogP contribution in [0, 0.1) is 0 Å². The zero-order valence-corrected chi connectivity index (χ0v) is 18.3. The maximum atomic E-state index is 12.5. The van der Waals surface area contributed by atoms with Crippen LogP contribution in [-0.4, -0.2) is 42.8 Å². The maximum absolute atomic E-state index is 12.5. The van der Waals surface area contributed by atoms with Crippen molar-refractivity contribution in [3.63, 3.8) is 0 Å². The van der Waals surface area contributed by atoms with Gasteiger partial charge in [0.2, 0.25) is 5.91 Å². The van der Waals surface area contributed by atoms with E-state index >= 15 is 0 Å². The number of fused-ring (bicyclic) bond motifs is 3. The molecule has 1 aliphatic rings. The topological polar surface area (TPSA) is 122 Å². The van der Waals surface area contributed by atoms with Gasteiger partial charge in [-0.3, -0.25) is 18.7 Å². The number of carbonyl (C=O) groups excluding carboxylic acids is 1. The summed E-state index contributed by atoms with van der Waals surface area (Å²) >= 11 is 1.37. The third-order valence-electron chi connectivity index (χ3n) is 5.32. The highest BCUT2D eigenvalue weighted by Gasteiger charge is 2.17. The summed E-state index contributed by atoms with van der Waals surface area (Å²) in [4.78, 5) is 45.6. The number of aryl methyl sites for hydroxylation is 2. The number of thiazole rings is 1. The molecule has 0 bridgehead atoms. The maximum Gasteiger partial charge on any atom is 0.332 e. The van der Waals surface area contributed by atoms with Crippen LogP contribution in [0.1, 0.15) is 12.8 Å². The Labute approximate surface area is 184 Å². The Morgan fingerprint density at radius 1 is 1.16 bits per heavy atom. The van der Waals surface area contributed by atoms with Crippen molar-refractivity contribution >= 4 is 43.8 Å². The highest BCUT2D eigenvalue weighted by molar-refractivity contribution is 7.22. The Balaban J connectivity index is 1.26. The summed E-state index contributed by atoms with van der Waals surface area (Å²) in [5, 5.41) is 3.33. The Kier molecular flexibility index (Phi) is 4.93. The Bertz CT molecular complexity index is 1440. The van der Waals surface area contributed by atoms with Crippen molar-refractivity contribution in [2.45, 2.75) is 19.4 Å². The van der Waals surface area contributed by atoms with Gasteiger partial charge in [-0.15, -0.1) is 0 Å². The van der Waals surface area contributed by atoms with E-state index in [1.807, 2.05) is 12.1 Å². The zero-order chi connectivity index (χ0) is 22.4. The molecule has 32 heavy (non-hydrogen) atoms. The SMILES string of the molecule is Cn1c(=O)c2c(ncn2CCCC(=O)Nc2nc3cc4c(cc3s2)OCCO4)n(C)c1=O. The lowest BCUT2D eigenvalue weighted by Crippen LogP contribution is -2.37. The molecule has 0 radical (unpaired) electrons. The van der Waals surface area contributed by atoms with Crippen LogP contribution in [0.4, 0.5) is 5.13 Å². The molecule has 0 saturated heterocycles. The monoisotopic (exact) mass is 456 g/mol. The lowest BCUT2D eigenvalue weighted by atomic mass is 10.3. The number of benzene rings is 1. The van der Waals surface area contributed by atoms with E-state index in [2.05, 4.69) is 15.3 Å². The number of hydrogen-bond donors (Lipinski definition) is 1. The van der Waals surface area contributed by atoms with E-state index in [9.17, 15) is 14.4 Å². The zero-order valence-electron chi connectivity index (χ0n) is 17.5. The van der Waals surface area contributed by atoms with Gasteiger partial charge in [-0.05, 0) is 6.42 Å². The molecule has 166 valence electrons. The Morgan fingerprint density at radius 2 is 1.91 bits per heavy atom. The molecule has 0 atom stereocenters. The average molecular weight is 456 g/mol. The van der Waals surface area contributed by atoms with Gasteiger partial charge in [0.25, 0.3) is 5.56 Å². The molecule has 1 amide bonds. The number of nitrogens with one attached hydrogen (secondary N) is 1. The van der Waals surface area contributed by atoms with Crippen molar-refractivity contribution < 1.29 is 14.3 Å². The molecule has 11 nitrogen and oxygen atoms in total. The van der Waals surface area contributed by atoms with Gasteiger partial charge >= 0.3 is 5.69 Å². The number of imidazole rings is 1. The summed E-state index contributed by atoms with van der Waals surface area (Å²) in [7, 11) is 3.00. The third-order valence-corrected chi connectivity index (χ3v) is 6.25. The van der Waals surface area contributed by atoms with E-state index in [0.29, 0.717) is 54.0 Å². The van der Waals surface area contributed by atoms with E-state index in [0.717, 1.165) is 14.8 Å². The lowest BCUT2D eigenvalue weighted by molar-refractivity contribution is -0.116. The number of hydrogen-bond acceptors (Lipinski definition) is 8. The molecule has 3 aromatic heterocycles. The third kappa shape index (κ3) is 3.42. The molecule has 0 aliphatic carbocycles. The van der Waals surface area contributed by atoms with Crippen LogP contribution in [0.5, 0.6) is 11.5 Å². The second kappa shape index (κ2) is 7.79. The van der Waals surface area contributed by atoms with Gasteiger partial charge in [-0.1, -0.05) is 11.3 Å². The van der Waals surface area contributed by atoms with Crippen LogP contribution in [0.2, 0.25) is 0 Å². The highest BCUT2D eigenvalue weighted by Crippen LogP contribution is 2.37. The fourth-order valence-electron chi connectivity index (χ4n) is 3.68. The number of nitrogens with zero attached hydrogens (tertiary/aromatic N) is 5. The molecule has 0 spiro atoms. The fourth-order valence-corrected chi connectivity index (χ4v) is 4.57. The molecular formula is C20H20N6O5S. The summed E-state index contributed by atoms with van der Waals surface area (Å²) in [5.74, 6) is 1.16. The van der Waals surface area contributed by atoms with E-state index in [1.54, 1.807) is 11.6 Å². The second-order valence-electron chi connectivity index (χ2n) is 7.45.